The number of hydrazine groups is 1. The summed E-state index contributed by atoms with van der Waals surface area (Å²) in [5.41, 5.74) is 7.46. The highest BCUT2D eigenvalue weighted by Gasteiger charge is 2.16. The van der Waals surface area contributed by atoms with Crippen molar-refractivity contribution in [2.24, 2.45) is 12.9 Å². The number of nitrogens with one attached hydrogen (secondary N) is 1. The Morgan fingerprint density at radius 3 is 2.74 bits per heavy atom. The largest absolute Gasteiger partial charge is 0.272 e. The van der Waals surface area contributed by atoms with Crippen molar-refractivity contribution in [3.63, 3.8) is 0 Å². The lowest BCUT2D eigenvalue weighted by molar-refractivity contribution is 0.528. The van der Waals surface area contributed by atoms with E-state index in [1.807, 2.05) is 24.7 Å². The van der Waals surface area contributed by atoms with Gasteiger partial charge in [-0.2, -0.15) is 5.10 Å². The summed E-state index contributed by atoms with van der Waals surface area (Å²) in [7, 11) is 1.96. The molecule has 0 fully saturated rings. The van der Waals surface area contributed by atoms with Crippen LogP contribution in [0, 0.1) is 13.8 Å². The Kier molecular flexibility index (Phi) is 4.39. The number of nitrogens with zero attached hydrogens (tertiary/aromatic N) is 2. The Hall–Kier alpha value is -1.17. The van der Waals surface area contributed by atoms with Crippen LogP contribution in [0.15, 0.2) is 28.7 Å². The van der Waals surface area contributed by atoms with Gasteiger partial charge in [-0.3, -0.25) is 16.0 Å². The van der Waals surface area contributed by atoms with E-state index in [0.717, 1.165) is 22.3 Å². The summed E-state index contributed by atoms with van der Waals surface area (Å²) in [6, 6.07) is 8.37. The molecule has 1 aromatic carbocycles. The normalized spacial score (nSPS) is 12.7. The van der Waals surface area contributed by atoms with Gasteiger partial charge >= 0.3 is 0 Å². The lowest BCUT2D eigenvalue weighted by atomic mass is 10.0. The van der Waals surface area contributed by atoms with Crippen molar-refractivity contribution in [2.45, 2.75) is 26.3 Å². The minimum Gasteiger partial charge on any atom is -0.272 e. The molecule has 0 aliphatic rings. The van der Waals surface area contributed by atoms with Crippen LogP contribution in [0.1, 0.15) is 28.6 Å². The van der Waals surface area contributed by atoms with E-state index in [1.54, 1.807) is 0 Å². The molecule has 0 aliphatic heterocycles. The number of aromatic nitrogens is 2. The maximum atomic E-state index is 5.73. The minimum absolute atomic E-state index is 0.0593. The fraction of sp³-hybridized carbons (Fsp3) is 0.357. The third-order valence-electron chi connectivity index (χ3n) is 3.31. The predicted octanol–water partition coefficient (Wildman–Crippen LogP) is 2.55. The fourth-order valence-corrected chi connectivity index (χ4v) is 2.80. The summed E-state index contributed by atoms with van der Waals surface area (Å²) < 4.78 is 3.01. The molecular formula is C14H19BrN4. The number of rotatable bonds is 4. The van der Waals surface area contributed by atoms with Crippen LogP contribution in [-0.2, 0) is 13.5 Å². The molecule has 1 aromatic heterocycles. The molecule has 0 spiro atoms. The molecule has 0 bridgehead atoms. The first kappa shape index (κ1) is 14.2. The highest BCUT2D eigenvalue weighted by Crippen LogP contribution is 2.28. The summed E-state index contributed by atoms with van der Waals surface area (Å²) in [5.74, 6) is 5.73. The Balaban J connectivity index is 2.30. The van der Waals surface area contributed by atoms with Gasteiger partial charge in [0.15, 0.2) is 0 Å². The molecule has 0 aliphatic carbocycles. The van der Waals surface area contributed by atoms with Crippen molar-refractivity contribution in [1.82, 2.24) is 15.2 Å². The average Bonchev–Trinajstić information content (AvgIpc) is 2.68. The van der Waals surface area contributed by atoms with E-state index in [2.05, 4.69) is 51.6 Å². The second-order valence-corrected chi connectivity index (χ2v) is 5.60. The zero-order chi connectivity index (χ0) is 14.0. The second kappa shape index (κ2) is 5.86. The number of hydrogen-bond donors (Lipinski definition) is 2. The molecule has 1 unspecified atom stereocenters. The fourth-order valence-electron chi connectivity index (χ4n) is 2.26. The highest BCUT2D eigenvalue weighted by molar-refractivity contribution is 9.10. The monoisotopic (exact) mass is 322 g/mol. The van der Waals surface area contributed by atoms with Crippen molar-refractivity contribution < 1.29 is 0 Å². The van der Waals surface area contributed by atoms with Crippen LogP contribution < -0.4 is 11.3 Å². The van der Waals surface area contributed by atoms with Crippen LogP contribution >= 0.6 is 15.9 Å². The van der Waals surface area contributed by atoms with E-state index in [9.17, 15) is 0 Å². The summed E-state index contributed by atoms with van der Waals surface area (Å²) in [6.07, 6.45) is 0.801. The van der Waals surface area contributed by atoms with Crippen molar-refractivity contribution >= 4 is 15.9 Å². The quantitative estimate of drug-likeness (QED) is 0.672. The molecule has 3 N–H and O–H groups in total. The van der Waals surface area contributed by atoms with E-state index in [-0.39, 0.29) is 6.04 Å². The molecule has 19 heavy (non-hydrogen) atoms. The third kappa shape index (κ3) is 3.05. The first-order valence-electron chi connectivity index (χ1n) is 6.23. The molecule has 2 aromatic rings. The summed E-state index contributed by atoms with van der Waals surface area (Å²) in [5, 5.41) is 4.37. The molecular weight excluding hydrogens is 304 g/mol. The highest BCUT2D eigenvalue weighted by atomic mass is 79.9. The van der Waals surface area contributed by atoms with Gasteiger partial charge in [-0.05, 0) is 31.0 Å². The second-order valence-electron chi connectivity index (χ2n) is 4.80. The molecule has 1 heterocycles. The maximum absolute atomic E-state index is 5.73. The third-order valence-corrected chi connectivity index (χ3v) is 4.39. The standard InChI is InChI=1S/C14H19BrN4/c1-9-5-4-6-12(14(9)15)13(17-16)8-11-7-10(2)18-19(11)3/h4-7,13,17H,8,16H2,1-3H3. The van der Waals surface area contributed by atoms with Crippen molar-refractivity contribution in [3.05, 3.63) is 51.3 Å². The smallest absolute Gasteiger partial charge is 0.0596 e. The molecule has 0 radical (unpaired) electrons. The van der Waals surface area contributed by atoms with Gasteiger partial charge in [-0.15, -0.1) is 0 Å². The van der Waals surface area contributed by atoms with Gasteiger partial charge in [0.25, 0.3) is 0 Å². The van der Waals surface area contributed by atoms with Gasteiger partial charge in [0, 0.05) is 23.6 Å². The minimum atomic E-state index is 0.0593. The number of aryl methyl sites for hydroxylation is 3. The first-order chi connectivity index (χ1) is 9.02. The molecule has 2 rings (SSSR count). The molecule has 5 heteroatoms. The van der Waals surface area contributed by atoms with Gasteiger partial charge in [0.1, 0.15) is 0 Å². The van der Waals surface area contributed by atoms with Crippen LogP contribution in [0.3, 0.4) is 0 Å². The Labute approximate surface area is 122 Å². The molecule has 102 valence electrons. The molecule has 4 nitrogen and oxygen atoms in total. The van der Waals surface area contributed by atoms with Gasteiger partial charge < -0.3 is 0 Å². The van der Waals surface area contributed by atoms with Crippen molar-refractivity contribution in [3.8, 4) is 0 Å². The van der Waals surface area contributed by atoms with Crippen LogP contribution in [0.25, 0.3) is 0 Å². The first-order valence-corrected chi connectivity index (χ1v) is 7.03. The zero-order valence-electron chi connectivity index (χ0n) is 11.4. The average molecular weight is 323 g/mol. The predicted molar refractivity (Wildman–Crippen MR) is 80.6 cm³/mol. The van der Waals surface area contributed by atoms with E-state index < -0.39 is 0 Å². The summed E-state index contributed by atoms with van der Waals surface area (Å²) >= 11 is 3.64. The lowest BCUT2D eigenvalue weighted by Gasteiger charge is -2.19. The van der Waals surface area contributed by atoms with Crippen LogP contribution in [0.2, 0.25) is 0 Å². The van der Waals surface area contributed by atoms with E-state index >= 15 is 0 Å². The zero-order valence-corrected chi connectivity index (χ0v) is 13.0. The van der Waals surface area contributed by atoms with Gasteiger partial charge in [-0.1, -0.05) is 34.1 Å². The summed E-state index contributed by atoms with van der Waals surface area (Å²) in [6.45, 7) is 4.08. The molecule has 0 amide bonds. The van der Waals surface area contributed by atoms with Crippen LogP contribution in [0.4, 0.5) is 0 Å². The van der Waals surface area contributed by atoms with Crippen molar-refractivity contribution in [1.29, 1.82) is 0 Å². The van der Waals surface area contributed by atoms with Gasteiger partial charge in [0.05, 0.1) is 11.7 Å². The molecule has 0 saturated heterocycles. The molecule has 1 atom stereocenters. The Morgan fingerprint density at radius 1 is 1.42 bits per heavy atom. The van der Waals surface area contributed by atoms with E-state index in [0.29, 0.717) is 0 Å². The van der Waals surface area contributed by atoms with Gasteiger partial charge in [0.2, 0.25) is 0 Å². The number of benzene rings is 1. The van der Waals surface area contributed by atoms with Crippen LogP contribution in [0.5, 0.6) is 0 Å². The summed E-state index contributed by atoms with van der Waals surface area (Å²) in [4.78, 5) is 0. The SMILES string of the molecule is Cc1cc(CC(NN)c2cccc(C)c2Br)n(C)n1. The molecule has 0 saturated carbocycles. The van der Waals surface area contributed by atoms with Crippen LogP contribution in [-0.4, -0.2) is 9.78 Å². The maximum Gasteiger partial charge on any atom is 0.0596 e. The van der Waals surface area contributed by atoms with E-state index in [4.69, 9.17) is 5.84 Å². The number of nitrogens with two attached hydrogens (primary N) is 1. The number of hydrogen-bond acceptors (Lipinski definition) is 3. The lowest BCUT2D eigenvalue weighted by Crippen LogP contribution is -2.30. The number of halogens is 1. The Bertz CT molecular complexity index is 577. The topological polar surface area (TPSA) is 55.9 Å². The van der Waals surface area contributed by atoms with E-state index in [1.165, 1.54) is 11.1 Å². The van der Waals surface area contributed by atoms with Crippen molar-refractivity contribution in [2.75, 3.05) is 0 Å². The van der Waals surface area contributed by atoms with Gasteiger partial charge in [-0.25, -0.2) is 0 Å². The Morgan fingerprint density at radius 2 is 2.16 bits per heavy atom.